The second-order valence-electron chi connectivity index (χ2n) is 3.99. The highest BCUT2D eigenvalue weighted by atomic mass is 127. The number of halogens is 1. The van der Waals surface area contributed by atoms with E-state index in [0.717, 1.165) is 3.57 Å². The first-order valence-electron chi connectivity index (χ1n) is 5.12. The first-order chi connectivity index (χ1) is 7.91. The number of amides is 2. The average molecular weight is 347 g/mol. The number of nitrogens with zero attached hydrogens (tertiary/aromatic N) is 1. The van der Waals surface area contributed by atoms with Gasteiger partial charge in [-0.25, -0.2) is 0 Å². The Hall–Kier alpha value is -1.18. The average Bonchev–Trinajstić information content (AvgIpc) is 2.24. The van der Waals surface area contributed by atoms with Crippen LogP contribution in [-0.2, 0) is 4.79 Å². The van der Waals surface area contributed by atoms with Crippen molar-refractivity contribution in [1.82, 2.24) is 10.3 Å². The van der Waals surface area contributed by atoms with Gasteiger partial charge in [-0.15, -0.1) is 0 Å². The lowest BCUT2D eigenvalue weighted by Crippen LogP contribution is -2.47. The molecule has 1 atom stereocenters. The minimum atomic E-state index is -0.666. The number of primary amides is 1. The highest BCUT2D eigenvalue weighted by molar-refractivity contribution is 14.1. The van der Waals surface area contributed by atoms with E-state index >= 15 is 0 Å². The van der Waals surface area contributed by atoms with E-state index in [9.17, 15) is 9.59 Å². The van der Waals surface area contributed by atoms with Crippen LogP contribution >= 0.6 is 22.6 Å². The van der Waals surface area contributed by atoms with E-state index in [1.165, 1.54) is 6.20 Å². The van der Waals surface area contributed by atoms with Crippen LogP contribution in [0.2, 0.25) is 0 Å². The molecule has 5 nitrogen and oxygen atoms in total. The molecule has 0 radical (unpaired) electrons. The maximum Gasteiger partial charge on any atom is 0.253 e. The number of nitrogens with two attached hydrogens (primary N) is 1. The van der Waals surface area contributed by atoms with Crippen molar-refractivity contribution in [1.29, 1.82) is 0 Å². The van der Waals surface area contributed by atoms with Crippen LogP contribution in [0.1, 0.15) is 24.2 Å². The predicted octanol–water partition coefficient (Wildman–Crippen LogP) is 0.926. The number of pyridine rings is 1. The topological polar surface area (TPSA) is 85.1 Å². The third-order valence-electron chi connectivity index (χ3n) is 2.23. The Kier molecular flexibility index (Phi) is 4.86. The van der Waals surface area contributed by atoms with Gasteiger partial charge in [-0.2, -0.15) is 0 Å². The summed E-state index contributed by atoms with van der Waals surface area (Å²) in [6, 6.07) is 1.03. The fourth-order valence-corrected chi connectivity index (χ4v) is 1.82. The van der Waals surface area contributed by atoms with E-state index in [1.807, 2.05) is 13.8 Å². The van der Waals surface area contributed by atoms with Crippen molar-refractivity contribution >= 4 is 34.4 Å². The molecular formula is C11H14IN3O2. The van der Waals surface area contributed by atoms with Crippen LogP contribution in [0.5, 0.6) is 0 Å². The number of hydrogen-bond donors (Lipinski definition) is 2. The third kappa shape index (κ3) is 3.95. The molecule has 1 heterocycles. The molecule has 1 aromatic heterocycles. The first kappa shape index (κ1) is 13.9. The zero-order valence-electron chi connectivity index (χ0n) is 9.61. The molecule has 0 saturated heterocycles. The fraction of sp³-hybridized carbons (Fsp3) is 0.364. The van der Waals surface area contributed by atoms with Crippen molar-refractivity contribution in [3.8, 4) is 0 Å². The van der Waals surface area contributed by atoms with E-state index < -0.39 is 11.9 Å². The maximum atomic E-state index is 11.9. The largest absolute Gasteiger partial charge is 0.368 e. The molecule has 0 bridgehead atoms. The van der Waals surface area contributed by atoms with Crippen LogP contribution in [-0.4, -0.2) is 22.8 Å². The number of carbonyl (C=O) groups excluding carboxylic acids is 2. The zero-order chi connectivity index (χ0) is 13.0. The standard InChI is InChI=1S/C11H14IN3O2/c1-6(2)9(10(13)16)15-11(17)7-3-8(12)5-14-4-7/h3-6,9H,1-2H3,(H2,13,16)(H,15,17)/t9-/m0/s1. The second-order valence-corrected chi connectivity index (χ2v) is 5.23. The Balaban J connectivity index is 2.81. The summed E-state index contributed by atoms with van der Waals surface area (Å²) >= 11 is 2.07. The molecule has 0 saturated carbocycles. The summed E-state index contributed by atoms with van der Waals surface area (Å²) in [5.41, 5.74) is 5.64. The van der Waals surface area contributed by atoms with Gasteiger partial charge in [0.1, 0.15) is 6.04 Å². The normalized spacial score (nSPS) is 12.2. The van der Waals surface area contributed by atoms with Crippen LogP contribution in [0.25, 0.3) is 0 Å². The van der Waals surface area contributed by atoms with Crippen molar-refractivity contribution in [2.45, 2.75) is 19.9 Å². The molecule has 0 aliphatic rings. The van der Waals surface area contributed by atoms with Gasteiger partial charge < -0.3 is 11.1 Å². The quantitative estimate of drug-likeness (QED) is 0.795. The Bertz CT molecular complexity index is 434. The Morgan fingerprint density at radius 3 is 2.53 bits per heavy atom. The maximum absolute atomic E-state index is 11.9. The van der Waals surface area contributed by atoms with Crippen molar-refractivity contribution in [2.24, 2.45) is 11.7 Å². The monoisotopic (exact) mass is 347 g/mol. The van der Waals surface area contributed by atoms with Crippen LogP contribution < -0.4 is 11.1 Å². The molecule has 2 amide bonds. The molecule has 0 aromatic carbocycles. The molecular weight excluding hydrogens is 333 g/mol. The van der Waals surface area contributed by atoms with Crippen LogP contribution in [0.3, 0.4) is 0 Å². The van der Waals surface area contributed by atoms with Crippen molar-refractivity contribution < 1.29 is 9.59 Å². The van der Waals surface area contributed by atoms with E-state index in [4.69, 9.17) is 5.73 Å². The summed E-state index contributed by atoms with van der Waals surface area (Å²) in [4.78, 5) is 26.9. The second kappa shape index (κ2) is 5.95. The smallest absolute Gasteiger partial charge is 0.253 e. The molecule has 0 spiro atoms. The van der Waals surface area contributed by atoms with E-state index in [-0.39, 0.29) is 11.8 Å². The van der Waals surface area contributed by atoms with Crippen molar-refractivity contribution in [2.75, 3.05) is 0 Å². The van der Waals surface area contributed by atoms with Crippen molar-refractivity contribution in [3.05, 3.63) is 27.6 Å². The lowest BCUT2D eigenvalue weighted by molar-refractivity contribution is -0.120. The molecule has 1 rings (SSSR count). The Morgan fingerprint density at radius 2 is 2.06 bits per heavy atom. The van der Waals surface area contributed by atoms with Gasteiger partial charge in [0.25, 0.3) is 5.91 Å². The van der Waals surface area contributed by atoms with Gasteiger partial charge in [-0.3, -0.25) is 14.6 Å². The van der Waals surface area contributed by atoms with E-state index in [0.29, 0.717) is 5.56 Å². The van der Waals surface area contributed by atoms with Crippen LogP contribution in [0.4, 0.5) is 0 Å². The van der Waals surface area contributed by atoms with Gasteiger partial charge in [0.2, 0.25) is 5.91 Å². The summed E-state index contributed by atoms with van der Waals surface area (Å²) in [5, 5.41) is 2.60. The fourth-order valence-electron chi connectivity index (χ4n) is 1.33. The number of carbonyl (C=O) groups is 2. The highest BCUT2D eigenvalue weighted by Crippen LogP contribution is 2.07. The number of hydrogen-bond acceptors (Lipinski definition) is 3. The summed E-state index contributed by atoms with van der Waals surface area (Å²) in [5.74, 6) is -0.923. The van der Waals surface area contributed by atoms with Crippen molar-refractivity contribution in [3.63, 3.8) is 0 Å². The molecule has 3 N–H and O–H groups in total. The Morgan fingerprint density at radius 1 is 1.41 bits per heavy atom. The molecule has 1 aromatic rings. The van der Waals surface area contributed by atoms with Gasteiger partial charge in [0, 0.05) is 16.0 Å². The zero-order valence-corrected chi connectivity index (χ0v) is 11.8. The highest BCUT2D eigenvalue weighted by Gasteiger charge is 2.22. The molecule has 0 unspecified atom stereocenters. The minimum absolute atomic E-state index is 0.0489. The first-order valence-corrected chi connectivity index (χ1v) is 6.20. The molecule has 0 aliphatic heterocycles. The summed E-state index contributed by atoms with van der Waals surface area (Å²) < 4.78 is 0.857. The predicted molar refractivity (Wildman–Crippen MR) is 72.2 cm³/mol. The summed E-state index contributed by atoms with van der Waals surface area (Å²) in [7, 11) is 0. The van der Waals surface area contributed by atoms with E-state index in [1.54, 1.807) is 12.3 Å². The SMILES string of the molecule is CC(C)[C@H](NC(=O)c1cncc(I)c1)C(N)=O. The summed E-state index contributed by atoms with van der Waals surface area (Å²) in [6.07, 6.45) is 3.10. The number of aromatic nitrogens is 1. The van der Waals surface area contributed by atoms with Crippen LogP contribution in [0.15, 0.2) is 18.5 Å². The lowest BCUT2D eigenvalue weighted by atomic mass is 10.0. The summed E-state index contributed by atoms with van der Waals surface area (Å²) in [6.45, 7) is 3.64. The third-order valence-corrected chi connectivity index (χ3v) is 2.82. The van der Waals surface area contributed by atoms with Gasteiger partial charge in [0.15, 0.2) is 0 Å². The van der Waals surface area contributed by atoms with Gasteiger partial charge in [-0.05, 0) is 34.6 Å². The number of rotatable bonds is 4. The van der Waals surface area contributed by atoms with E-state index in [2.05, 4.69) is 32.9 Å². The Labute approximate surface area is 113 Å². The molecule has 6 heteroatoms. The van der Waals surface area contributed by atoms with Gasteiger partial charge in [-0.1, -0.05) is 13.8 Å². The molecule has 0 aliphatic carbocycles. The van der Waals surface area contributed by atoms with Gasteiger partial charge in [0.05, 0.1) is 5.56 Å². The molecule has 92 valence electrons. The van der Waals surface area contributed by atoms with Gasteiger partial charge >= 0.3 is 0 Å². The molecule has 0 fully saturated rings. The lowest BCUT2D eigenvalue weighted by Gasteiger charge is -2.18. The van der Waals surface area contributed by atoms with Crippen LogP contribution in [0, 0.1) is 9.49 Å². The minimum Gasteiger partial charge on any atom is -0.368 e. The molecule has 17 heavy (non-hydrogen) atoms. The number of nitrogens with one attached hydrogen (secondary N) is 1.